The number of pyridine rings is 1. The van der Waals surface area contributed by atoms with E-state index in [1.165, 1.54) is 11.3 Å². The van der Waals surface area contributed by atoms with Gasteiger partial charge >= 0.3 is 0 Å². The lowest BCUT2D eigenvalue weighted by atomic mass is 10.2. The van der Waals surface area contributed by atoms with Crippen molar-refractivity contribution in [1.82, 2.24) is 9.97 Å². The number of hydrogen-bond donors (Lipinski definition) is 2. The van der Waals surface area contributed by atoms with Crippen LogP contribution in [0.25, 0.3) is 0 Å². The van der Waals surface area contributed by atoms with E-state index in [0.29, 0.717) is 16.6 Å². The monoisotopic (exact) mass is 248 g/mol. The molecule has 2 aromatic heterocycles. The van der Waals surface area contributed by atoms with E-state index < -0.39 is 0 Å². The number of aromatic nitrogens is 2. The number of nitrogen functional groups attached to an aromatic ring is 1. The van der Waals surface area contributed by atoms with E-state index >= 15 is 0 Å². The van der Waals surface area contributed by atoms with Crippen molar-refractivity contribution in [2.24, 2.45) is 0 Å². The standard InChI is InChI=1S/C11H12N4OS/c1-6-3-7(2)13-9(4-6)15-10(16)8-5-17-11(12)14-8/h3-5H,1-2H3,(H2,12,14)(H,13,15,16). The molecule has 17 heavy (non-hydrogen) atoms. The van der Waals surface area contributed by atoms with E-state index in [4.69, 9.17) is 5.73 Å². The topological polar surface area (TPSA) is 80.9 Å². The second-order valence-corrected chi connectivity index (χ2v) is 4.59. The lowest BCUT2D eigenvalue weighted by molar-refractivity contribution is 0.102. The molecule has 2 rings (SSSR count). The van der Waals surface area contributed by atoms with E-state index in [2.05, 4.69) is 15.3 Å². The Morgan fingerprint density at radius 3 is 2.71 bits per heavy atom. The average molecular weight is 248 g/mol. The van der Waals surface area contributed by atoms with Gasteiger partial charge in [-0.1, -0.05) is 0 Å². The third kappa shape index (κ3) is 2.79. The summed E-state index contributed by atoms with van der Waals surface area (Å²) in [6, 6.07) is 3.75. The van der Waals surface area contributed by atoms with Crippen LogP contribution in [0.2, 0.25) is 0 Å². The van der Waals surface area contributed by atoms with Crippen LogP contribution in [-0.4, -0.2) is 15.9 Å². The molecule has 3 N–H and O–H groups in total. The van der Waals surface area contributed by atoms with Crippen LogP contribution < -0.4 is 11.1 Å². The molecule has 0 radical (unpaired) electrons. The Balaban J connectivity index is 2.18. The van der Waals surface area contributed by atoms with Gasteiger partial charge in [-0.15, -0.1) is 11.3 Å². The predicted octanol–water partition coefficient (Wildman–Crippen LogP) is 1.99. The Labute approximate surface area is 103 Å². The molecule has 0 aromatic carbocycles. The van der Waals surface area contributed by atoms with Crippen LogP contribution in [0.3, 0.4) is 0 Å². The lowest BCUT2D eigenvalue weighted by Crippen LogP contribution is -2.13. The number of nitrogens with zero attached hydrogens (tertiary/aromatic N) is 2. The van der Waals surface area contributed by atoms with E-state index in [1.54, 1.807) is 11.4 Å². The third-order valence-electron chi connectivity index (χ3n) is 2.09. The molecule has 0 atom stereocenters. The maximum atomic E-state index is 11.8. The van der Waals surface area contributed by atoms with E-state index in [0.717, 1.165) is 11.3 Å². The van der Waals surface area contributed by atoms with Crippen LogP contribution in [0.4, 0.5) is 10.9 Å². The minimum atomic E-state index is -0.296. The summed E-state index contributed by atoms with van der Waals surface area (Å²) in [5.74, 6) is 0.231. The summed E-state index contributed by atoms with van der Waals surface area (Å²) >= 11 is 1.24. The summed E-state index contributed by atoms with van der Waals surface area (Å²) in [6.07, 6.45) is 0. The predicted molar refractivity (Wildman–Crippen MR) is 68.2 cm³/mol. The van der Waals surface area contributed by atoms with Gasteiger partial charge in [0.25, 0.3) is 5.91 Å². The number of carbonyl (C=O) groups excluding carboxylic acids is 1. The molecule has 5 nitrogen and oxygen atoms in total. The molecular weight excluding hydrogens is 236 g/mol. The first kappa shape index (κ1) is 11.5. The lowest BCUT2D eigenvalue weighted by Gasteiger charge is -2.04. The summed E-state index contributed by atoms with van der Waals surface area (Å²) in [6.45, 7) is 3.83. The molecule has 6 heteroatoms. The molecule has 0 aliphatic rings. The van der Waals surface area contributed by atoms with Gasteiger partial charge in [0.2, 0.25) is 0 Å². The Hall–Kier alpha value is -1.95. The molecule has 0 bridgehead atoms. The Morgan fingerprint density at radius 1 is 1.35 bits per heavy atom. The summed E-state index contributed by atoms with van der Waals surface area (Å²) in [4.78, 5) is 19.9. The summed E-state index contributed by atoms with van der Waals surface area (Å²) in [5, 5.41) is 4.69. The number of thiazole rings is 1. The zero-order valence-electron chi connectivity index (χ0n) is 9.52. The van der Waals surface area contributed by atoms with Crippen molar-refractivity contribution in [2.45, 2.75) is 13.8 Å². The van der Waals surface area contributed by atoms with Crippen molar-refractivity contribution in [2.75, 3.05) is 11.1 Å². The molecule has 0 aliphatic carbocycles. The number of anilines is 2. The van der Waals surface area contributed by atoms with Gasteiger partial charge < -0.3 is 11.1 Å². The van der Waals surface area contributed by atoms with Crippen molar-refractivity contribution in [3.63, 3.8) is 0 Å². The van der Waals surface area contributed by atoms with Gasteiger partial charge in [0.1, 0.15) is 11.5 Å². The van der Waals surface area contributed by atoms with Crippen LogP contribution in [0.5, 0.6) is 0 Å². The Morgan fingerprint density at radius 2 is 2.12 bits per heavy atom. The highest BCUT2D eigenvalue weighted by atomic mass is 32.1. The van der Waals surface area contributed by atoms with E-state index in [-0.39, 0.29) is 5.91 Å². The molecule has 0 unspecified atom stereocenters. The zero-order valence-corrected chi connectivity index (χ0v) is 10.3. The van der Waals surface area contributed by atoms with Crippen molar-refractivity contribution in [3.05, 3.63) is 34.5 Å². The molecule has 2 heterocycles. The number of nitrogens with one attached hydrogen (secondary N) is 1. The maximum absolute atomic E-state index is 11.8. The first-order valence-corrected chi connectivity index (χ1v) is 5.90. The fourth-order valence-electron chi connectivity index (χ4n) is 1.48. The van der Waals surface area contributed by atoms with Gasteiger partial charge in [0.15, 0.2) is 5.13 Å². The normalized spacial score (nSPS) is 10.2. The van der Waals surface area contributed by atoms with Crippen LogP contribution >= 0.6 is 11.3 Å². The minimum Gasteiger partial charge on any atom is -0.375 e. The van der Waals surface area contributed by atoms with Gasteiger partial charge in [0.05, 0.1) is 0 Å². The summed E-state index contributed by atoms with van der Waals surface area (Å²) < 4.78 is 0. The zero-order chi connectivity index (χ0) is 12.4. The Bertz CT molecular complexity index is 544. The van der Waals surface area contributed by atoms with Gasteiger partial charge in [-0.25, -0.2) is 9.97 Å². The molecule has 0 fully saturated rings. The molecule has 88 valence electrons. The van der Waals surface area contributed by atoms with Crippen LogP contribution in [-0.2, 0) is 0 Å². The van der Waals surface area contributed by atoms with Gasteiger partial charge in [-0.05, 0) is 31.5 Å². The maximum Gasteiger partial charge on any atom is 0.276 e. The number of rotatable bonds is 2. The van der Waals surface area contributed by atoms with Gasteiger partial charge in [-0.3, -0.25) is 4.79 Å². The quantitative estimate of drug-likeness (QED) is 0.851. The van der Waals surface area contributed by atoms with E-state index in [9.17, 15) is 4.79 Å². The highest BCUT2D eigenvalue weighted by Gasteiger charge is 2.10. The van der Waals surface area contributed by atoms with Crippen molar-refractivity contribution < 1.29 is 4.79 Å². The molecular formula is C11H12N4OS. The molecule has 2 aromatic rings. The SMILES string of the molecule is Cc1cc(C)nc(NC(=O)c2csc(N)n2)c1. The summed E-state index contributed by atoms with van der Waals surface area (Å²) in [7, 11) is 0. The van der Waals surface area contributed by atoms with Crippen LogP contribution in [0, 0.1) is 13.8 Å². The first-order valence-electron chi connectivity index (χ1n) is 5.02. The highest BCUT2D eigenvalue weighted by molar-refractivity contribution is 7.13. The van der Waals surface area contributed by atoms with Gasteiger partial charge in [0, 0.05) is 11.1 Å². The highest BCUT2D eigenvalue weighted by Crippen LogP contribution is 2.14. The van der Waals surface area contributed by atoms with Crippen molar-refractivity contribution in [1.29, 1.82) is 0 Å². The summed E-state index contributed by atoms with van der Waals surface area (Å²) in [5.41, 5.74) is 7.69. The third-order valence-corrected chi connectivity index (χ3v) is 2.77. The number of aryl methyl sites for hydroxylation is 2. The number of hydrogen-bond acceptors (Lipinski definition) is 5. The molecule has 0 saturated heterocycles. The number of carbonyl (C=O) groups is 1. The molecule has 1 amide bonds. The van der Waals surface area contributed by atoms with Crippen LogP contribution in [0.1, 0.15) is 21.7 Å². The van der Waals surface area contributed by atoms with Crippen molar-refractivity contribution in [3.8, 4) is 0 Å². The first-order chi connectivity index (χ1) is 8.04. The average Bonchev–Trinajstić information content (AvgIpc) is 2.63. The molecule has 0 aliphatic heterocycles. The van der Waals surface area contributed by atoms with Crippen molar-refractivity contribution >= 4 is 28.2 Å². The second-order valence-electron chi connectivity index (χ2n) is 3.70. The number of nitrogens with two attached hydrogens (primary N) is 1. The molecule has 0 saturated carbocycles. The smallest absolute Gasteiger partial charge is 0.276 e. The van der Waals surface area contributed by atoms with Crippen LogP contribution in [0.15, 0.2) is 17.5 Å². The largest absolute Gasteiger partial charge is 0.375 e. The fraction of sp³-hybridized carbons (Fsp3) is 0.182. The second kappa shape index (κ2) is 4.50. The fourth-order valence-corrected chi connectivity index (χ4v) is 2.02. The minimum absolute atomic E-state index is 0.296. The van der Waals surface area contributed by atoms with E-state index in [1.807, 2.05) is 19.9 Å². The molecule has 0 spiro atoms. The van der Waals surface area contributed by atoms with Gasteiger partial charge in [-0.2, -0.15) is 0 Å². The number of amides is 1. The Kier molecular flexibility index (Phi) is 3.06.